The van der Waals surface area contributed by atoms with Crippen molar-refractivity contribution in [3.8, 4) is 5.88 Å². The number of hydrogen-bond acceptors (Lipinski definition) is 6. The SMILES string of the molecule is CC1CC(O)c2ncnc(OC(=O)N3CCNCC3)c21. The van der Waals surface area contributed by atoms with Gasteiger partial charge in [-0.3, -0.25) is 0 Å². The van der Waals surface area contributed by atoms with Crippen molar-refractivity contribution in [2.24, 2.45) is 0 Å². The first kappa shape index (κ1) is 13.3. The number of amides is 1. The zero-order valence-corrected chi connectivity index (χ0v) is 11.4. The summed E-state index contributed by atoms with van der Waals surface area (Å²) in [4.78, 5) is 21.9. The molecule has 2 aliphatic rings. The van der Waals surface area contributed by atoms with Gasteiger partial charge in [0, 0.05) is 31.7 Å². The van der Waals surface area contributed by atoms with Gasteiger partial charge >= 0.3 is 6.09 Å². The molecule has 7 nitrogen and oxygen atoms in total. The van der Waals surface area contributed by atoms with Gasteiger partial charge in [0.2, 0.25) is 5.88 Å². The fourth-order valence-corrected chi connectivity index (χ4v) is 2.76. The van der Waals surface area contributed by atoms with E-state index in [2.05, 4.69) is 15.3 Å². The number of aliphatic hydroxyl groups excluding tert-OH is 1. The van der Waals surface area contributed by atoms with Crippen molar-refractivity contribution in [2.75, 3.05) is 26.2 Å². The lowest BCUT2D eigenvalue weighted by Gasteiger charge is -2.26. The zero-order chi connectivity index (χ0) is 14.1. The van der Waals surface area contributed by atoms with Gasteiger partial charge < -0.3 is 20.1 Å². The number of fused-ring (bicyclic) bond motifs is 1. The number of carbonyl (C=O) groups is 1. The molecule has 1 aromatic rings. The molecule has 2 N–H and O–H groups in total. The van der Waals surface area contributed by atoms with Crippen LogP contribution in [0.3, 0.4) is 0 Å². The second-order valence-electron chi connectivity index (χ2n) is 5.24. The summed E-state index contributed by atoms with van der Waals surface area (Å²) in [6.45, 7) is 4.77. The number of nitrogens with one attached hydrogen (secondary N) is 1. The van der Waals surface area contributed by atoms with E-state index in [4.69, 9.17) is 4.74 Å². The lowest BCUT2D eigenvalue weighted by atomic mass is 10.1. The van der Waals surface area contributed by atoms with E-state index in [9.17, 15) is 9.90 Å². The summed E-state index contributed by atoms with van der Waals surface area (Å²) >= 11 is 0. The summed E-state index contributed by atoms with van der Waals surface area (Å²) in [6, 6.07) is 0. The lowest BCUT2D eigenvalue weighted by Crippen LogP contribution is -2.47. The molecule has 1 aliphatic carbocycles. The number of hydrogen-bond donors (Lipinski definition) is 2. The van der Waals surface area contributed by atoms with Crippen molar-refractivity contribution >= 4 is 6.09 Å². The summed E-state index contributed by atoms with van der Waals surface area (Å²) in [6.07, 6.45) is 0.938. The van der Waals surface area contributed by atoms with Gasteiger partial charge in [-0.2, -0.15) is 0 Å². The van der Waals surface area contributed by atoms with Crippen molar-refractivity contribution in [3.63, 3.8) is 0 Å². The number of piperazine rings is 1. The van der Waals surface area contributed by atoms with Crippen LogP contribution < -0.4 is 10.1 Å². The highest BCUT2D eigenvalue weighted by molar-refractivity contribution is 5.71. The predicted molar refractivity (Wildman–Crippen MR) is 70.5 cm³/mol. The molecular weight excluding hydrogens is 260 g/mol. The minimum atomic E-state index is -0.598. The van der Waals surface area contributed by atoms with Gasteiger partial charge in [0.25, 0.3) is 0 Å². The summed E-state index contributed by atoms with van der Waals surface area (Å²) < 4.78 is 5.41. The Kier molecular flexibility index (Phi) is 3.54. The van der Waals surface area contributed by atoms with Crippen LogP contribution in [0, 0.1) is 0 Å². The second-order valence-corrected chi connectivity index (χ2v) is 5.24. The van der Waals surface area contributed by atoms with Crippen LogP contribution in [0.2, 0.25) is 0 Å². The summed E-state index contributed by atoms with van der Waals surface area (Å²) in [5.41, 5.74) is 1.33. The molecule has 2 heterocycles. The van der Waals surface area contributed by atoms with E-state index in [-0.39, 0.29) is 17.9 Å². The molecule has 0 radical (unpaired) electrons. The van der Waals surface area contributed by atoms with E-state index < -0.39 is 6.10 Å². The standard InChI is InChI=1S/C13H18N4O3/c1-8-6-9(18)11-10(8)12(16-7-15-11)20-13(19)17-4-2-14-3-5-17/h7-9,14,18H,2-6H2,1H3. The monoisotopic (exact) mass is 278 g/mol. The highest BCUT2D eigenvalue weighted by Gasteiger charge is 2.33. The Morgan fingerprint density at radius 3 is 2.95 bits per heavy atom. The highest BCUT2D eigenvalue weighted by atomic mass is 16.6. The Hall–Kier alpha value is -1.73. The largest absolute Gasteiger partial charge is 0.416 e. The Labute approximate surface area is 117 Å². The van der Waals surface area contributed by atoms with Crippen molar-refractivity contribution in [2.45, 2.75) is 25.4 Å². The summed E-state index contributed by atoms with van der Waals surface area (Å²) in [7, 11) is 0. The number of ether oxygens (including phenoxy) is 1. The van der Waals surface area contributed by atoms with E-state index in [1.54, 1.807) is 4.90 Å². The molecule has 2 atom stereocenters. The van der Waals surface area contributed by atoms with Crippen LogP contribution in [0.15, 0.2) is 6.33 Å². The van der Waals surface area contributed by atoms with Gasteiger partial charge in [0.1, 0.15) is 6.33 Å². The van der Waals surface area contributed by atoms with Crippen molar-refractivity contribution < 1.29 is 14.6 Å². The molecular formula is C13H18N4O3. The maximum Gasteiger partial charge on any atom is 0.416 e. The van der Waals surface area contributed by atoms with E-state index in [1.807, 2.05) is 6.92 Å². The Balaban J connectivity index is 1.80. The van der Waals surface area contributed by atoms with E-state index in [1.165, 1.54) is 6.33 Å². The fourth-order valence-electron chi connectivity index (χ4n) is 2.76. The third-order valence-corrected chi connectivity index (χ3v) is 3.82. The predicted octanol–water partition coefficient (Wildman–Crippen LogP) is 0.421. The maximum absolute atomic E-state index is 12.1. The van der Waals surface area contributed by atoms with Gasteiger partial charge in [0.15, 0.2) is 0 Å². The average Bonchev–Trinajstić information content (AvgIpc) is 2.76. The first-order chi connectivity index (χ1) is 9.66. The number of aliphatic hydroxyl groups is 1. The Morgan fingerprint density at radius 1 is 1.45 bits per heavy atom. The molecule has 3 rings (SSSR count). The van der Waals surface area contributed by atoms with Crippen LogP contribution in [0.4, 0.5) is 4.79 Å². The molecule has 20 heavy (non-hydrogen) atoms. The van der Waals surface area contributed by atoms with Crippen molar-refractivity contribution in [3.05, 3.63) is 17.6 Å². The van der Waals surface area contributed by atoms with Gasteiger partial charge in [-0.05, 0) is 12.3 Å². The van der Waals surface area contributed by atoms with E-state index in [0.717, 1.165) is 18.7 Å². The molecule has 0 aromatic carbocycles. The van der Waals surface area contributed by atoms with Crippen LogP contribution in [0.5, 0.6) is 5.88 Å². The smallest absolute Gasteiger partial charge is 0.391 e. The average molecular weight is 278 g/mol. The minimum absolute atomic E-state index is 0.0898. The van der Waals surface area contributed by atoms with E-state index in [0.29, 0.717) is 25.2 Å². The molecule has 1 aromatic heterocycles. The molecule has 0 bridgehead atoms. The second kappa shape index (κ2) is 5.34. The molecule has 1 aliphatic heterocycles. The Bertz CT molecular complexity index is 516. The molecule has 0 saturated carbocycles. The van der Waals surface area contributed by atoms with Gasteiger partial charge in [0.05, 0.1) is 11.8 Å². The van der Waals surface area contributed by atoms with Crippen LogP contribution in [0.1, 0.15) is 36.6 Å². The third-order valence-electron chi connectivity index (χ3n) is 3.82. The van der Waals surface area contributed by atoms with Gasteiger partial charge in [-0.15, -0.1) is 0 Å². The topological polar surface area (TPSA) is 87.6 Å². The zero-order valence-electron chi connectivity index (χ0n) is 11.4. The van der Waals surface area contributed by atoms with Crippen molar-refractivity contribution in [1.82, 2.24) is 20.2 Å². The number of rotatable bonds is 1. The molecule has 108 valence electrons. The molecule has 1 amide bonds. The van der Waals surface area contributed by atoms with Gasteiger partial charge in [-0.25, -0.2) is 14.8 Å². The van der Waals surface area contributed by atoms with Crippen LogP contribution in [-0.2, 0) is 0 Å². The third kappa shape index (κ3) is 2.34. The lowest BCUT2D eigenvalue weighted by molar-refractivity contribution is 0.143. The number of aromatic nitrogens is 2. The quantitative estimate of drug-likeness (QED) is 0.774. The molecule has 1 saturated heterocycles. The van der Waals surface area contributed by atoms with Crippen LogP contribution in [0.25, 0.3) is 0 Å². The fraction of sp³-hybridized carbons (Fsp3) is 0.615. The molecule has 2 unspecified atom stereocenters. The summed E-state index contributed by atoms with van der Waals surface area (Å²) in [5, 5.41) is 13.1. The minimum Gasteiger partial charge on any atom is -0.391 e. The Morgan fingerprint density at radius 2 is 2.20 bits per heavy atom. The van der Waals surface area contributed by atoms with Crippen LogP contribution >= 0.6 is 0 Å². The summed E-state index contributed by atoms with van der Waals surface area (Å²) in [5.74, 6) is 0.370. The number of carbonyl (C=O) groups excluding carboxylic acids is 1. The number of nitrogens with zero attached hydrogens (tertiary/aromatic N) is 3. The first-order valence-electron chi connectivity index (χ1n) is 6.87. The molecule has 1 fully saturated rings. The van der Waals surface area contributed by atoms with E-state index >= 15 is 0 Å². The maximum atomic E-state index is 12.1. The van der Waals surface area contributed by atoms with Gasteiger partial charge in [-0.1, -0.05) is 6.92 Å². The first-order valence-corrected chi connectivity index (χ1v) is 6.87. The normalized spacial score (nSPS) is 25.4. The highest BCUT2D eigenvalue weighted by Crippen LogP contribution is 2.42. The van der Waals surface area contributed by atoms with Crippen molar-refractivity contribution in [1.29, 1.82) is 0 Å². The molecule has 7 heteroatoms. The molecule has 0 spiro atoms. The van der Waals surface area contributed by atoms with Crippen LogP contribution in [-0.4, -0.2) is 52.2 Å².